The van der Waals surface area contributed by atoms with Gasteiger partial charge in [-0.2, -0.15) is 0 Å². The number of benzene rings is 4. The van der Waals surface area contributed by atoms with Gasteiger partial charge < -0.3 is 59.9 Å². The smallest absolute Gasteiger partial charge is 0.168 e. The summed E-state index contributed by atoms with van der Waals surface area (Å²) in [6, 6.07) is 37.6. The van der Waals surface area contributed by atoms with Crippen molar-refractivity contribution in [3.63, 3.8) is 0 Å². The minimum Gasteiger partial charge on any atom is -0.388 e. The van der Waals surface area contributed by atoms with E-state index in [-0.39, 0.29) is 31.5 Å². The Balaban J connectivity index is 1.30. The molecule has 54 heavy (non-hydrogen) atoms. The van der Waals surface area contributed by atoms with E-state index in [1.165, 1.54) is 0 Å². The number of hydrogen-bond acceptors (Lipinski definition) is 11. The van der Waals surface area contributed by atoms with E-state index in [1.54, 1.807) is 0 Å². The zero-order valence-corrected chi connectivity index (χ0v) is 30.4. The molecule has 1 saturated carbocycles. The van der Waals surface area contributed by atoms with E-state index < -0.39 is 67.2 Å². The van der Waals surface area contributed by atoms with Crippen LogP contribution in [0.15, 0.2) is 121 Å². The van der Waals surface area contributed by atoms with Gasteiger partial charge >= 0.3 is 0 Å². The predicted molar refractivity (Wildman–Crippen MR) is 203 cm³/mol. The van der Waals surface area contributed by atoms with E-state index >= 15 is 0 Å². The van der Waals surface area contributed by atoms with Gasteiger partial charge in [0.15, 0.2) is 11.3 Å². The van der Waals surface area contributed by atoms with Gasteiger partial charge in [-0.05, 0) is 34.5 Å². The Kier molecular flexibility index (Phi) is 14.5. The molecule has 288 valence electrons. The second kappa shape index (κ2) is 19.7. The van der Waals surface area contributed by atoms with Crippen LogP contribution >= 0.6 is 12.2 Å². The lowest BCUT2D eigenvalue weighted by molar-refractivity contribution is -0.275. The Labute approximate surface area is 320 Å². The molecule has 4 aromatic rings. The van der Waals surface area contributed by atoms with Gasteiger partial charge in [-0.25, -0.2) is 0 Å². The first-order valence-corrected chi connectivity index (χ1v) is 18.4. The largest absolute Gasteiger partial charge is 0.388 e. The average molecular weight is 761 g/mol. The predicted octanol–water partition coefficient (Wildman–Crippen LogP) is 2.34. The first-order valence-electron chi connectivity index (χ1n) is 18.0. The van der Waals surface area contributed by atoms with Crippen molar-refractivity contribution in [3.8, 4) is 0 Å². The van der Waals surface area contributed by atoms with Gasteiger partial charge in [-0.3, -0.25) is 0 Å². The van der Waals surface area contributed by atoms with Crippen molar-refractivity contribution in [1.29, 1.82) is 0 Å². The molecule has 2 aliphatic rings. The van der Waals surface area contributed by atoms with E-state index in [4.69, 9.17) is 35.9 Å². The lowest BCUT2D eigenvalue weighted by Gasteiger charge is -2.47. The van der Waals surface area contributed by atoms with Crippen LogP contribution in [0.2, 0.25) is 0 Å². The van der Waals surface area contributed by atoms with Crippen molar-refractivity contribution in [2.45, 2.75) is 93.6 Å². The van der Waals surface area contributed by atoms with Crippen LogP contribution in [0.5, 0.6) is 0 Å². The van der Waals surface area contributed by atoms with Gasteiger partial charge in [0.05, 0.1) is 39.1 Å². The van der Waals surface area contributed by atoms with Crippen LogP contribution in [0.1, 0.15) is 22.3 Å². The summed E-state index contributed by atoms with van der Waals surface area (Å²) in [6.07, 6.45) is -12.5. The summed E-state index contributed by atoms with van der Waals surface area (Å²) in [6.45, 7) is 1.11. The Morgan fingerprint density at radius 3 is 1.35 bits per heavy atom. The Morgan fingerprint density at radius 2 is 0.889 bits per heavy atom. The molecular weight excluding hydrogens is 713 g/mol. The maximum Gasteiger partial charge on any atom is 0.168 e. The highest BCUT2D eigenvalue weighted by atomic mass is 32.1. The van der Waals surface area contributed by atoms with Crippen LogP contribution in [0.25, 0.3) is 0 Å². The molecular formula is C41H48N2O10S. The van der Waals surface area contributed by atoms with E-state index in [0.29, 0.717) is 6.61 Å². The molecule has 4 aromatic carbocycles. The van der Waals surface area contributed by atoms with Crippen LogP contribution in [-0.4, -0.2) is 104 Å². The molecule has 1 saturated heterocycles. The summed E-state index contributed by atoms with van der Waals surface area (Å²) >= 11 is 5.66. The molecule has 0 spiro atoms. The molecule has 6 rings (SSSR count). The molecule has 0 aromatic heterocycles. The van der Waals surface area contributed by atoms with Crippen molar-refractivity contribution in [2.75, 3.05) is 6.61 Å². The summed E-state index contributed by atoms with van der Waals surface area (Å²) < 4.78 is 33.0. The zero-order chi connectivity index (χ0) is 37.9. The van der Waals surface area contributed by atoms with E-state index in [9.17, 15) is 25.5 Å². The van der Waals surface area contributed by atoms with E-state index in [1.807, 2.05) is 121 Å². The minimum atomic E-state index is -1.75. The molecule has 0 bridgehead atoms. The zero-order valence-electron chi connectivity index (χ0n) is 29.6. The molecule has 2 unspecified atom stereocenters. The quantitative estimate of drug-likeness (QED) is 0.0883. The SMILES string of the molecule is OC1[C@@H](O)[C@@H](O)C(NC(=S)N[C@H]2O[C@H](COCc3ccccc3)[C@@H](OCc3ccccc3)[C@H](OCc3ccccc3)[C@H]2OCc2ccccc2)[C@H](O)[C@H]1O. The highest BCUT2D eigenvalue weighted by Gasteiger charge is 2.51. The first-order chi connectivity index (χ1) is 26.3. The topological polar surface area (TPSA) is 171 Å². The maximum atomic E-state index is 10.7. The van der Waals surface area contributed by atoms with Gasteiger partial charge in [0, 0.05) is 0 Å². The van der Waals surface area contributed by atoms with Crippen LogP contribution in [0.3, 0.4) is 0 Å². The highest BCUT2D eigenvalue weighted by molar-refractivity contribution is 7.80. The fourth-order valence-electron chi connectivity index (χ4n) is 6.63. The van der Waals surface area contributed by atoms with Gasteiger partial charge in [-0.1, -0.05) is 121 Å². The molecule has 0 radical (unpaired) electrons. The molecule has 13 heteroatoms. The van der Waals surface area contributed by atoms with Gasteiger partial charge in [0.1, 0.15) is 54.9 Å². The van der Waals surface area contributed by atoms with Crippen molar-refractivity contribution < 1.29 is 49.2 Å². The van der Waals surface area contributed by atoms with Crippen LogP contribution in [0.4, 0.5) is 0 Å². The molecule has 1 heterocycles. The summed E-state index contributed by atoms with van der Waals surface area (Å²) in [4.78, 5) is 0. The van der Waals surface area contributed by atoms with Crippen molar-refractivity contribution in [3.05, 3.63) is 144 Å². The summed E-state index contributed by atoms with van der Waals surface area (Å²) in [5.41, 5.74) is 3.78. The van der Waals surface area contributed by atoms with Crippen LogP contribution < -0.4 is 10.6 Å². The molecule has 12 nitrogen and oxygen atoms in total. The molecule has 0 amide bonds. The van der Waals surface area contributed by atoms with Crippen molar-refractivity contribution >= 4 is 17.3 Å². The number of thiocarbonyl (C=S) groups is 1. The Hall–Kier alpha value is -3.83. The second-order valence-electron chi connectivity index (χ2n) is 13.5. The highest BCUT2D eigenvalue weighted by Crippen LogP contribution is 2.31. The normalized spacial score (nSPS) is 29.7. The number of ether oxygens (including phenoxy) is 5. The third-order valence-corrected chi connectivity index (χ3v) is 9.83. The number of hydrogen-bond donors (Lipinski definition) is 7. The number of nitrogens with one attached hydrogen (secondary N) is 2. The fourth-order valence-corrected chi connectivity index (χ4v) is 6.88. The summed E-state index contributed by atoms with van der Waals surface area (Å²) in [5.74, 6) is 0. The van der Waals surface area contributed by atoms with Gasteiger partial charge in [0.25, 0.3) is 0 Å². The molecule has 11 atom stereocenters. The third-order valence-electron chi connectivity index (χ3n) is 9.59. The maximum absolute atomic E-state index is 10.7. The molecule has 7 N–H and O–H groups in total. The standard InChI is InChI=1S/C41H48N2O10S/c44-32-31(33(45)35(47)36(48)34(32)46)42-41(54)43-40-39(52-24-29-19-11-4-12-20-29)38(51-23-28-17-9-3-10-18-28)37(50-22-27-15-7-2-8-16-27)30(53-40)25-49-21-26-13-5-1-6-14-26/h1-20,30-40,44-48H,21-25H2,(H2,42,43,54)/t30-,31?,32+,33+,34-,35+,36?,37-,38+,39-,40+/m1/s1. The fraction of sp³-hybridized carbons (Fsp3) is 0.390. The molecule has 1 aliphatic heterocycles. The van der Waals surface area contributed by atoms with Crippen molar-refractivity contribution in [1.82, 2.24) is 10.6 Å². The van der Waals surface area contributed by atoms with Crippen LogP contribution in [-0.2, 0) is 50.1 Å². The Bertz CT molecular complexity index is 1680. The summed E-state index contributed by atoms with van der Waals surface area (Å²) in [5, 5.41) is 58.1. The lowest BCUT2D eigenvalue weighted by atomic mass is 9.83. The third kappa shape index (κ3) is 10.5. The summed E-state index contributed by atoms with van der Waals surface area (Å²) in [7, 11) is 0. The first kappa shape index (κ1) is 39.9. The van der Waals surface area contributed by atoms with Gasteiger partial charge in [0.2, 0.25) is 0 Å². The van der Waals surface area contributed by atoms with E-state index in [0.717, 1.165) is 22.3 Å². The Morgan fingerprint density at radius 1 is 0.500 bits per heavy atom. The van der Waals surface area contributed by atoms with Crippen LogP contribution in [0, 0.1) is 0 Å². The number of aliphatic hydroxyl groups is 5. The van der Waals surface area contributed by atoms with Crippen molar-refractivity contribution in [2.24, 2.45) is 0 Å². The van der Waals surface area contributed by atoms with E-state index in [2.05, 4.69) is 10.6 Å². The molecule has 2 fully saturated rings. The second-order valence-corrected chi connectivity index (χ2v) is 13.9. The molecule has 1 aliphatic carbocycles. The lowest BCUT2D eigenvalue weighted by Crippen LogP contribution is -2.70. The van der Waals surface area contributed by atoms with Gasteiger partial charge in [-0.15, -0.1) is 0 Å². The monoisotopic (exact) mass is 760 g/mol. The minimum absolute atomic E-state index is 0.0818. The number of aliphatic hydroxyl groups excluding tert-OH is 5. The average Bonchev–Trinajstić information content (AvgIpc) is 3.21. The number of rotatable bonds is 15.